The summed E-state index contributed by atoms with van der Waals surface area (Å²) in [6.45, 7) is 4.38. The van der Waals surface area contributed by atoms with Gasteiger partial charge in [0.25, 0.3) is 0 Å². The summed E-state index contributed by atoms with van der Waals surface area (Å²) in [6, 6.07) is 12.6. The number of thioether (sulfide) groups is 1. The molecule has 0 spiro atoms. The van der Waals surface area contributed by atoms with Gasteiger partial charge in [0, 0.05) is 21.3 Å². The Hall–Kier alpha value is -1.00. The van der Waals surface area contributed by atoms with Crippen LogP contribution in [0.3, 0.4) is 0 Å². The first-order valence-electron chi connectivity index (χ1n) is 6.72. The van der Waals surface area contributed by atoms with E-state index in [2.05, 4.69) is 71.5 Å². The third-order valence-corrected chi connectivity index (χ3v) is 5.04. The van der Waals surface area contributed by atoms with Gasteiger partial charge < -0.3 is 5.32 Å². The van der Waals surface area contributed by atoms with Crippen molar-refractivity contribution in [3.8, 4) is 0 Å². The van der Waals surface area contributed by atoms with Crippen LogP contribution < -0.4 is 5.32 Å². The number of anilines is 1. The number of rotatable bonds is 1. The first-order chi connectivity index (χ1) is 9.55. The van der Waals surface area contributed by atoms with Crippen molar-refractivity contribution >= 4 is 49.3 Å². The predicted molar refractivity (Wildman–Crippen MR) is 93.9 cm³/mol. The normalized spacial score (nSPS) is 17.9. The maximum atomic E-state index is 4.80. The number of fused-ring (bicyclic) bond motifs is 1. The highest BCUT2D eigenvalue weighted by molar-refractivity contribution is 9.10. The van der Waals surface area contributed by atoms with E-state index in [1.165, 1.54) is 10.8 Å². The van der Waals surface area contributed by atoms with Gasteiger partial charge in [-0.2, -0.15) is 0 Å². The van der Waals surface area contributed by atoms with Crippen LogP contribution in [0.15, 0.2) is 45.9 Å². The molecule has 4 heteroatoms. The lowest BCUT2D eigenvalue weighted by molar-refractivity contribution is 0.507. The van der Waals surface area contributed by atoms with Crippen molar-refractivity contribution in [2.24, 2.45) is 4.99 Å². The molecule has 20 heavy (non-hydrogen) atoms. The molecule has 0 atom stereocenters. The van der Waals surface area contributed by atoms with E-state index in [0.29, 0.717) is 0 Å². The number of benzene rings is 2. The van der Waals surface area contributed by atoms with Gasteiger partial charge in [0.1, 0.15) is 0 Å². The minimum absolute atomic E-state index is 0.0404. The molecule has 0 fully saturated rings. The maximum Gasteiger partial charge on any atom is 0.161 e. The lowest BCUT2D eigenvalue weighted by Crippen LogP contribution is -2.27. The zero-order valence-corrected chi connectivity index (χ0v) is 14.0. The van der Waals surface area contributed by atoms with E-state index in [1.54, 1.807) is 11.8 Å². The van der Waals surface area contributed by atoms with E-state index >= 15 is 0 Å². The molecule has 0 unspecified atom stereocenters. The average molecular weight is 349 g/mol. The Morgan fingerprint density at radius 1 is 1.15 bits per heavy atom. The topological polar surface area (TPSA) is 24.4 Å². The molecule has 2 aromatic rings. The van der Waals surface area contributed by atoms with Gasteiger partial charge in [0.15, 0.2) is 5.17 Å². The van der Waals surface area contributed by atoms with Crippen LogP contribution in [0.5, 0.6) is 0 Å². The lowest BCUT2D eigenvalue weighted by atomic mass is 10.0. The van der Waals surface area contributed by atoms with Crippen LogP contribution in [0.2, 0.25) is 0 Å². The number of hydrogen-bond donors (Lipinski definition) is 1. The summed E-state index contributed by atoms with van der Waals surface area (Å²) in [5, 5.41) is 6.96. The molecule has 1 aliphatic heterocycles. The van der Waals surface area contributed by atoms with Crippen molar-refractivity contribution in [2.45, 2.75) is 25.8 Å². The molecule has 2 aromatic carbocycles. The zero-order valence-electron chi connectivity index (χ0n) is 11.6. The third kappa shape index (κ3) is 2.86. The van der Waals surface area contributed by atoms with Crippen LogP contribution in [-0.4, -0.2) is 16.5 Å². The van der Waals surface area contributed by atoms with Crippen LogP contribution in [0.4, 0.5) is 5.69 Å². The lowest BCUT2D eigenvalue weighted by Gasteiger charge is -2.26. The Balaban J connectivity index is 2.00. The molecular formula is C16H17BrN2S. The van der Waals surface area contributed by atoms with Gasteiger partial charge in [-0.25, -0.2) is 0 Å². The molecule has 0 bridgehead atoms. The quantitative estimate of drug-likeness (QED) is 0.757. The summed E-state index contributed by atoms with van der Waals surface area (Å²) in [5.74, 6) is 1.12. The van der Waals surface area contributed by atoms with Crippen LogP contribution in [0, 0.1) is 0 Å². The molecule has 1 heterocycles. The Kier molecular flexibility index (Phi) is 3.78. The molecule has 2 nitrogen and oxygen atoms in total. The van der Waals surface area contributed by atoms with Crippen molar-refractivity contribution in [2.75, 3.05) is 11.1 Å². The van der Waals surface area contributed by atoms with Gasteiger partial charge in [0.2, 0.25) is 0 Å². The molecule has 3 rings (SSSR count). The fourth-order valence-electron chi connectivity index (χ4n) is 2.31. The number of halogens is 1. The van der Waals surface area contributed by atoms with E-state index in [4.69, 9.17) is 4.99 Å². The second-order valence-corrected chi connectivity index (χ2v) is 7.53. The molecule has 1 aliphatic rings. The first-order valence-corrected chi connectivity index (χ1v) is 8.50. The fraction of sp³-hybridized carbons (Fsp3) is 0.312. The predicted octanol–water partition coefficient (Wildman–Crippen LogP) is 5.29. The minimum Gasteiger partial charge on any atom is -0.334 e. The standard InChI is InChI=1S/C16H17BrN2S/c1-16(2)9-10-20-15(19-16)18-14-8-7-13(17)11-5-3-4-6-12(11)14/h3-8H,9-10H2,1-2H3,(H,18,19). The fourth-order valence-corrected chi connectivity index (χ4v) is 4.08. The van der Waals surface area contributed by atoms with Gasteiger partial charge in [-0.1, -0.05) is 52.0 Å². The van der Waals surface area contributed by atoms with Crippen molar-refractivity contribution in [1.29, 1.82) is 0 Å². The van der Waals surface area contributed by atoms with Crippen molar-refractivity contribution < 1.29 is 0 Å². The highest BCUT2D eigenvalue weighted by Gasteiger charge is 2.22. The van der Waals surface area contributed by atoms with Crippen LogP contribution >= 0.6 is 27.7 Å². The summed E-state index contributed by atoms with van der Waals surface area (Å²) < 4.78 is 1.12. The van der Waals surface area contributed by atoms with Crippen molar-refractivity contribution in [1.82, 2.24) is 0 Å². The number of amidine groups is 1. The van der Waals surface area contributed by atoms with E-state index < -0.39 is 0 Å². The van der Waals surface area contributed by atoms with Crippen LogP contribution in [-0.2, 0) is 0 Å². The molecule has 104 valence electrons. The Morgan fingerprint density at radius 3 is 2.65 bits per heavy atom. The smallest absolute Gasteiger partial charge is 0.161 e. The Morgan fingerprint density at radius 2 is 1.90 bits per heavy atom. The SMILES string of the molecule is CC1(C)CCSC(Nc2ccc(Br)c3ccccc23)=N1. The van der Waals surface area contributed by atoms with Gasteiger partial charge in [-0.05, 0) is 37.8 Å². The van der Waals surface area contributed by atoms with E-state index in [1.807, 2.05) is 0 Å². The highest BCUT2D eigenvalue weighted by atomic mass is 79.9. The molecule has 0 radical (unpaired) electrons. The van der Waals surface area contributed by atoms with Crippen molar-refractivity contribution in [3.05, 3.63) is 40.9 Å². The minimum atomic E-state index is 0.0404. The van der Waals surface area contributed by atoms with E-state index in [9.17, 15) is 0 Å². The molecule has 0 amide bonds. The largest absolute Gasteiger partial charge is 0.334 e. The molecule has 0 aliphatic carbocycles. The summed E-state index contributed by atoms with van der Waals surface area (Å²) in [4.78, 5) is 4.80. The number of aliphatic imine (C=N–C) groups is 1. The second kappa shape index (κ2) is 5.41. The molecular weight excluding hydrogens is 332 g/mol. The van der Waals surface area contributed by atoms with Crippen molar-refractivity contribution in [3.63, 3.8) is 0 Å². The second-order valence-electron chi connectivity index (χ2n) is 5.59. The van der Waals surface area contributed by atoms with E-state index in [0.717, 1.165) is 27.5 Å². The summed E-state index contributed by atoms with van der Waals surface area (Å²) in [7, 11) is 0. The van der Waals surface area contributed by atoms with Crippen LogP contribution in [0.1, 0.15) is 20.3 Å². The van der Waals surface area contributed by atoms with Gasteiger partial charge in [-0.15, -0.1) is 0 Å². The molecule has 0 saturated heterocycles. The van der Waals surface area contributed by atoms with Crippen LogP contribution in [0.25, 0.3) is 10.8 Å². The van der Waals surface area contributed by atoms with Gasteiger partial charge in [-0.3, -0.25) is 4.99 Å². The Labute approximate surface area is 132 Å². The number of hydrogen-bond acceptors (Lipinski definition) is 3. The first kappa shape index (κ1) is 14.0. The molecule has 0 saturated carbocycles. The zero-order chi connectivity index (χ0) is 14.2. The number of nitrogens with one attached hydrogen (secondary N) is 1. The van der Waals surface area contributed by atoms with Gasteiger partial charge >= 0.3 is 0 Å². The summed E-state index contributed by atoms with van der Waals surface area (Å²) in [6.07, 6.45) is 1.13. The monoisotopic (exact) mass is 348 g/mol. The molecule has 0 aromatic heterocycles. The number of nitrogens with zero attached hydrogens (tertiary/aromatic N) is 1. The Bertz CT molecular complexity index is 679. The summed E-state index contributed by atoms with van der Waals surface area (Å²) in [5.41, 5.74) is 1.16. The molecule has 1 N–H and O–H groups in total. The van der Waals surface area contributed by atoms with E-state index in [-0.39, 0.29) is 5.54 Å². The highest BCUT2D eigenvalue weighted by Crippen LogP contribution is 2.32. The maximum absolute atomic E-state index is 4.80. The third-order valence-electron chi connectivity index (χ3n) is 3.47. The summed E-state index contributed by atoms with van der Waals surface area (Å²) >= 11 is 5.41. The van der Waals surface area contributed by atoms with Gasteiger partial charge in [0.05, 0.1) is 5.54 Å². The average Bonchev–Trinajstić information content (AvgIpc) is 2.41.